The second-order valence-electron chi connectivity index (χ2n) is 11.4. The lowest BCUT2D eigenvalue weighted by molar-refractivity contribution is -0.138. The predicted octanol–water partition coefficient (Wildman–Crippen LogP) is 5.22. The van der Waals surface area contributed by atoms with Gasteiger partial charge in [0.25, 0.3) is 0 Å². The Hall–Kier alpha value is -3.22. The number of aliphatic carboxylic acids is 1. The van der Waals surface area contributed by atoms with Crippen molar-refractivity contribution in [2.24, 2.45) is 11.8 Å². The van der Waals surface area contributed by atoms with Gasteiger partial charge in [-0.05, 0) is 85.3 Å². The van der Waals surface area contributed by atoms with E-state index in [4.69, 9.17) is 0 Å². The molecule has 1 aromatic heterocycles. The van der Waals surface area contributed by atoms with E-state index < -0.39 is 5.97 Å². The number of hydrogen-bond donors (Lipinski definition) is 1. The number of carbonyl (C=O) groups excluding carboxylic acids is 1. The maximum absolute atomic E-state index is 13.5. The summed E-state index contributed by atoms with van der Waals surface area (Å²) in [6.45, 7) is 4.26. The number of rotatable bonds is 2. The fourth-order valence-corrected chi connectivity index (χ4v) is 6.94. The van der Waals surface area contributed by atoms with Crippen molar-refractivity contribution in [2.75, 3.05) is 6.54 Å². The lowest BCUT2D eigenvalue weighted by Gasteiger charge is -2.35. The van der Waals surface area contributed by atoms with Crippen molar-refractivity contribution in [3.05, 3.63) is 58.1 Å². The third kappa shape index (κ3) is 4.64. The summed E-state index contributed by atoms with van der Waals surface area (Å²) in [7, 11) is 0. The Morgan fingerprint density at radius 2 is 1.86 bits per heavy atom. The smallest absolute Gasteiger partial charge is 0.304 e. The molecule has 1 atom stereocenters. The molecule has 0 unspecified atom stereocenters. The van der Waals surface area contributed by atoms with Crippen LogP contribution in [0, 0.1) is 18.8 Å². The molecule has 194 valence electrons. The number of benzene rings is 2. The minimum absolute atomic E-state index is 0.00512. The Kier molecular flexibility index (Phi) is 6.47. The van der Waals surface area contributed by atoms with Gasteiger partial charge >= 0.3 is 5.97 Å². The van der Waals surface area contributed by atoms with Gasteiger partial charge in [0.05, 0.1) is 11.9 Å². The first-order chi connectivity index (χ1) is 18.0. The van der Waals surface area contributed by atoms with E-state index in [2.05, 4.69) is 45.5 Å². The number of aryl methyl sites for hydroxylation is 2. The minimum atomic E-state index is -0.826. The molecule has 9 rings (SSSR count). The normalized spacial score (nSPS) is 24.3. The molecule has 9 bridgehead atoms. The predicted molar refractivity (Wildman–Crippen MR) is 141 cm³/mol. The standard InChI is InChI=1S/C30H36N4O3/c1-19-25-11-12-27-29(19)31-32-34(27)14-3-2-4-20-5-7-22(8-6-20)30(37)33-15-13-21-9-10-23(16-24(21)18-33)26(25)17-28(35)36/h9-12,16,20,22,26H,2-8,13-15,17-18H2,1H3,(H,35,36)/t20?,22?,26-/m0/s1. The fourth-order valence-electron chi connectivity index (χ4n) is 6.94. The second kappa shape index (κ2) is 9.92. The first-order valence-corrected chi connectivity index (χ1v) is 13.9. The molecule has 37 heavy (non-hydrogen) atoms. The summed E-state index contributed by atoms with van der Waals surface area (Å²) < 4.78 is 2.00. The first kappa shape index (κ1) is 24.1. The molecule has 3 aromatic rings. The van der Waals surface area contributed by atoms with Gasteiger partial charge in [-0.1, -0.05) is 42.3 Å². The lowest BCUT2D eigenvalue weighted by Crippen LogP contribution is -2.41. The Morgan fingerprint density at radius 3 is 2.68 bits per heavy atom. The van der Waals surface area contributed by atoms with E-state index in [9.17, 15) is 14.7 Å². The van der Waals surface area contributed by atoms with Gasteiger partial charge in [-0.25, -0.2) is 4.68 Å². The highest BCUT2D eigenvalue weighted by Gasteiger charge is 2.32. The monoisotopic (exact) mass is 500 g/mol. The molecule has 1 fully saturated rings. The molecule has 7 nitrogen and oxygen atoms in total. The van der Waals surface area contributed by atoms with E-state index in [1.165, 1.54) is 12.0 Å². The maximum Gasteiger partial charge on any atom is 0.304 e. The highest BCUT2D eigenvalue weighted by Crippen LogP contribution is 2.37. The zero-order chi connectivity index (χ0) is 25.5. The van der Waals surface area contributed by atoms with Crippen LogP contribution < -0.4 is 0 Å². The molecular formula is C30H36N4O3. The quantitative estimate of drug-likeness (QED) is 0.521. The largest absolute Gasteiger partial charge is 0.481 e. The van der Waals surface area contributed by atoms with Crippen molar-refractivity contribution in [1.29, 1.82) is 0 Å². The minimum Gasteiger partial charge on any atom is -0.481 e. The second-order valence-corrected chi connectivity index (χ2v) is 11.4. The van der Waals surface area contributed by atoms with E-state index in [1.807, 2.05) is 11.6 Å². The third-order valence-electron chi connectivity index (χ3n) is 9.12. The van der Waals surface area contributed by atoms with Crippen LogP contribution in [-0.4, -0.2) is 43.4 Å². The topological polar surface area (TPSA) is 88.3 Å². The van der Waals surface area contributed by atoms with E-state index in [-0.39, 0.29) is 18.3 Å². The molecule has 0 radical (unpaired) electrons. The summed E-state index contributed by atoms with van der Waals surface area (Å²) in [6.07, 6.45) is 8.60. The molecular weight excluding hydrogens is 464 g/mol. The Bertz CT molecular complexity index is 1340. The molecule has 2 aromatic carbocycles. The number of aromatic nitrogens is 3. The van der Waals surface area contributed by atoms with Crippen LogP contribution in [0.4, 0.5) is 0 Å². The van der Waals surface area contributed by atoms with Crippen LogP contribution in [0.5, 0.6) is 0 Å². The van der Waals surface area contributed by atoms with E-state index in [1.54, 1.807) is 0 Å². The van der Waals surface area contributed by atoms with E-state index in [0.29, 0.717) is 12.5 Å². The first-order valence-electron chi connectivity index (χ1n) is 13.9. The number of nitrogens with zero attached hydrogens (tertiary/aromatic N) is 4. The summed E-state index contributed by atoms with van der Waals surface area (Å²) in [5, 5.41) is 18.8. The van der Waals surface area contributed by atoms with Gasteiger partial charge in [0.2, 0.25) is 5.91 Å². The molecule has 1 aliphatic carbocycles. The SMILES string of the molecule is Cc1c2ccc3c1nnn3CCCCC1CCC(CC1)C(=O)N1CCc3ccc(cc3C1)[C@@H]2CC(=O)O. The van der Waals surface area contributed by atoms with Crippen molar-refractivity contribution in [1.82, 2.24) is 19.9 Å². The Labute approximate surface area is 217 Å². The van der Waals surface area contributed by atoms with Gasteiger partial charge in [0.15, 0.2) is 0 Å². The number of carboxylic acid groups (broad SMARTS) is 1. The van der Waals surface area contributed by atoms with Gasteiger partial charge < -0.3 is 10.0 Å². The van der Waals surface area contributed by atoms with Crippen LogP contribution in [0.15, 0.2) is 30.3 Å². The average molecular weight is 501 g/mol. The van der Waals surface area contributed by atoms with E-state index >= 15 is 0 Å². The van der Waals surface area contributed by atoms with Crippen LogP contribution >= 0.6 is 0 Å². The Balaban J connectivity index is 1.42. The number of carbonyl (C=O) groups is 2. The Morgan fingerprint density at radius 1 is 1.03 bits per heavy atom. The van der Waals surface area contributed by atoms with E-state index in [0.717, 1.165) is 97.2 Å². The van der Waals surface area contributed by atoms with Crippen LogP contribution in [0.25, 0.3) is 11.0 Å². The van der Waals surface area contributed by atoms with Crippen molar-refractivity contribution < 1.29 is 14.7 Å². The maximum atomic E-state index is 13.5. The van der Waals surface area contributed by atoms with Crippen LogP contribution in [-0.2, 0) is 29.1 Å². The van der Waals surface area contributed by atoms with Gasteiger partial charge in [-0.3, -0.25) is 9.59 Å². The van der Waals surface area contributed by atoms with Crippen LogP contribution in [0.1, 0.15) is 85.1 Å². The molecule has 5 aliphatic heterocycles. The van der Waals surface area contributed by atoms with Gasteiger partial charge in [-0.15, -0.1) is 5.10 Å². The summed E-state index contributed by atoms with van der Waals surface area (Å²) in [5.74, 6) is 0.0713. The van der Waals surface area contributed by atoms with Gasteiger partial charge in [0, 0.05) is 31.5 Å². The number of amides is 1. The molecule has 1 N–H and O–H groups in total. The fraction of sp³-hybridized carbons (Fsp3) is 0.533. The highest BCUT2D eigenvalue weighted by atomic mass is 16.4. The summed E-state index contributed by atoms with van der Waals surface area (Å²) >= 11 is 0. The van der Waals surface area contributed by atoms with Gasteiger partial charge in [0.1, 0.15) is 5.52 Å². The van der Waals surface area contributed by atoms with Gasteiger partial charge in [-0.2, -0.15) is 0 Å². The zero-order valence-corrected chi connectivity index (χ0v) is 21.7. The molecule has 6 aliphatic rings. The summed E-state index contributed by atoms with van der Waals surface area (Å²) in [5.41, 5.74) is 7.26. The lowest BCUT2D eigenvalue weighted by atomic mass is 9.79. The average Bonchev–Trinajstić information content (AvgIpc) is 3.33. The summed E-state index contributed by atoms with van der Waals surface area (Å²) in [4.78, 5) is 27.5. The zero-order valence-electron chi connectivity index (χ0n) is 21.7. The molecule has 1 saturated carbocycles. The van der Waals surface area contributed by atoms with Crippen LogP contribution in [0.3, 0.4) is 0 Å². The number of hydrogen-bond acceptors (Lipinski definition) is 4. The molecule has 0 spiro atoms. The molecule has 0 saturated heterocycles. The third-order valence-corrected chi connectivity index (χ3v) is 9.12. The molecule has 1 amide bonds. The van der Waals surface area contributed by atoms with Crippen molar-refractivity contribution in [3.8, 4) is 0 Å². The number of carboxylic acids is 1. The summed E-state index contributed by atoms with van der Waals surface area (Å²) in [6, 6.07) is 10.5. The molecule has 7 heteroatoms. The highest BCUT2D eigenvalue weighted by molar-refractivity contribution is 5.81. The van der Waals surface area contributed by atoms with Crippen molar-refractivity contribution in [2.45, 2.75) is 83.7 Å². The molecule has 6 heterocycles. The van der Waals surface area contributed by atoms with Crippen molar-refractivity contribution in [3.63, 3.8) is 0 Å². The van der Waals surface area contributed by atoms with Crippen molar-refractivity contribution >= 4 is 22.9 Å². The van der Waals surface area contributed by atoms with Crippen LogP contribution in [0.2, 0.25) is 0 Å².